The molecular weight excluding hydrogens is 274 g/mol. The van der Waals surface area contributed by atoms with E-state index in [0.717, 1.165) is 6.54 Å². The van der Waals surface area contributed by atoms with Gasteiger partial charge in [0.15, 0.2) is 0 Å². The van der Waals surface area contributed by atoms with Gasteiger partial charge in [-0.15, -0.1) is 11.3 Å². The van der Waals surface area contributed by atoms with Crippen molar-refractivity contribution in [2.45, 2.75) is 17.7 Å². The number of benzene rings is 1. The first kappa shape index (κ1) is 12.8. The zero-order chi connectivity index (χ0) is 13.2. The molecule has 2 aromatic rings. The average molecular weight is 289 g/mol. The van der Waals surface area contributed by atoms with E-state index in [1.54, 1.807) is 11.3 Å². The van der Waals surface area contributed by atoms with E-state index in [-0.39, 0.29) is 17.2 Å². The third-order valence-corrected chi connectivity index (χ3v) is 4.65. The van der Waals surface area contributed by atoms with E-state index in [0.29, 0.717) is 6.42 Å². The molecule has 0 N–H and O–H groups in total. The Hall–Kier alpha value is -1.26. The number of likely N-dealkylation sites (tertiary alicyclic amines) is 1. The summed E-state index contributed by atoms with van der Waals surface area (Å²) in [6.45, 7) is 0.722. The molecule has 1 saturated heterocycles. The molecule has 2 atom stereocenters. The molecule has 0 aliphatic carbocycles. The minimum atomic E-state index is 0.0332. The highest BCUT2D eigenvalue weighted by atomic mass is 32.1. The Labute approximate surface area is 122 Å². The molecule has 1 aliphatic heterocycles. The summed E-state index contributed by atoms with van der Waals surface area (Å²) < 4.78 is 0. The van der Waals surface area contributed by atoms with Gasteiger partial charge in [0.1, 0.15) is 0 Å². The highest BCUT2D eigenvalue weighted by molar-refractivity contribution is 7.81. The average Bonchev–Trinajstić information content (AvgIpc) is 3.03. The molecule has 3 rings (SSSR count). The van der Waals surface area contributed by atoms with E-state index in [1.165, 1.54) is 10.4 Å². The van der Waals surface area contributed by atoms with Gasteiger partial charge in [0.2, 0.25) is 5.91 Å². The van der Waals surface area contributed by atoms with Crippen LogP contribution in [0.15, 0.2) is 47.8 Å². The third kappa shape index (κ3) is 2.55. The van der Waals surface area contributed by atoms with Crippen molar-refractivity contribution in [3.63, 3.8) is 0 Å². The van der Waals surface area contributed by atoms with Crippen molar-refractivity contribution in [2.75, 3.05) is 6.54 Å². The Morgan fingerprint density at radius 3 is 2.58 bits per heavy atom. The van der Waals surface area contributed by atoms with Gasteiger partial charge in [0, 0.05) is 23.1 Å². The second kappa shape index (κ2) is 5.39. The highest BCUT2D eigenvalue weighted by Crippen LogP contribution is 2.35. The molecule has 1 amide bonds. The predicted octanol–water partition coefficient (Wildman–Crippen LogP) is 3.37. The number of nitrogens with zero attached hydrogens (tertiary/aromatic N) is 1. The first-order chi connectivity index (χ1) is 9.25. The van der Waals surface area contributed by atoms with Crippen molar-refractivity contribution in [3.8, 4) is 0 Å². The lowest BCUT2D eigenvalue weighted by Gasteiger charge is -2.27. The lowest BCUT2D eigenvalue weighted by molar-refractivity contribution is -0.129. The van der Waals surface area contributed by atoms with Crippen molar-refractivity contribution >= 4 is 29.9 Å². The van der Waals surface area contributed by atoms with Gasteiger partial charge in [-0.25, -0.2) is 0 Å². The monoisotopic (exact) mass is 289 g/mol. The van der Waals surface area contributed by atoms with Crippen LogP contribution in [-0.2, 0) is 4.79 Å². The maximum atomic E-state index is 12.2. The van der Waals surface area contributed by atoms with Crippen molar-refractivity contribution in [3.05, 3.63) is 58.3 Å². The van der Waals surface area contributed by atoms with Crippen LogP contribution in [0.2, 0.25) is 0 Å². The van der Waals surface area contributed by atoms with Crippen LogP contribution in [0.1, 0.15) is 22.9 Å². The Morgan fingerprint density at radius 1 is 1.21 bits per heavy atom. The Morgan fingerprint density at radius 2 is 2.00 bits per heavy atom. The van der Waals surface area contributed by atoms with Gasteiger partial charge < -0.3 is 4.90 Å². The normalized spacial score (nSPS) is 20.8. The van der Waals surface area contributed by atoms with Crippen molar-refractivity contribution in [2.24, 2.45) is 0 Å². The van der Waals surface area contributed by atoms with E-state index in [9.17, 15) is 4.79 Å². The van der Waals surface area contributed by atoms with Gasteiger partial charge in [-0.3, -0.25) is 4.79 Å². The quantitative estimate of drug-likeness (QED) is 0.859. The summed E-state index contributed by atoms with van der Waals surface area (Å²) in [6, 6.07) is 14.4. The largest absolute Gasteiger partial charge is 0.330 e. The van der Waals surface area contributed by atoms with Gasteiger partial charge in [0.25, 0.3) is 0 Å². The summed E-state index contributed by atoms with van der Waals surface area (Å²) in [7, 11) is 0. The second-order valence-electron chi connectivity index (χ2n) is 4.73. The zero-order valence-corrected chi connectivity index (χ0v) is 12.1. The molecule has 2 heterocycles. The van der Waals surface area contributed by atoms with Crippen LogP contribution in [0.25, 0.3) is 0 Å². The molecule has 1 aromatic heterocycles. The molecule has 1 fully saturated rings. The van der Waals surface area contributed by atoms with Crippen LogP contribution < -0.4 is 0 Å². The summed E-state index contributed by atoms with van der Waals surface area (Å²) in [5, 5.41) is 2.21. The summed E-state index contributed by atoms with van der Waals surface area (Å²) in [5.74, 6) is 0.197. The minimum Gasteiger partial charge on any atom is -0.330 e. The lowest BCUT2D eigenvalue weighted by atomic mass is 10.0. The number of thiol groups is 1. The van der Waals surface area contributed by atoms with E-state index < -0.39 is 0 Å². The number of thiophene rings is 1. The topological polar surface area (TPSA) is 20.3 Å². The highest BCUT2D eigenvalue weighted by Gasteiger charge is 2.34. The summed E-state index contributed by atoms with van der Waals surface area (Å²) >= 11 is 6.15. The Balaban J connectivity index is 2.00. The summed E-state index contributed by atoms with van der Waals surface area (Å²) in [6.07, 6.45) is 0.540. The van der Waals surface area contributed by atoms with E-state index in [2.05, 4.69) is 36.2 Å². The molecule has 0 radical (unpaired) electrons. The van der Waals surface area contributed by atoms with Gasteiger partial charge in [-0.1, -0.05) is 36.4 Å². The van der Waals surface area contributed by atoms with Gasteiger partial charge >= 0.3 is 0 Å². The Kier molecular flexibility index (Phi) is 3.62. The molecule has 2 unspecified atom stereocenters. The molecule has 0 saturated carbocycles. The Bertz CT molecular complexity index is 553. The summed E-state index contributed by atoms with van der Waals surface area (Å²) in [4.78, 5) is 15.3. The van der Waals surface area contributed by atoms with Crippen molar-refractivity contribution in [1.82, 2.24) is 4.90 Å². The maximum absolute atomic E-state index is 12.2. The fourth-order valence-corrected chi connectivity index (χ4v) is 3.74. The molecule has 0 spiro atoms. The fraction of sp³-hybridized carbons (Fsp3) is 0.267. The van der Waals surface area contributed by atoms with Crippen LogP contribution in [0.4, 0.5) is 0 Å². The standard InChI is InChI=1S/C15H15NOS2/c17-14-9-12(18)10-16(14)15(13-7-4-8-19-13)11-5-2-1-3-6-11/h1-8,12,15,18H,9-10H2. The molecular formula is C15H15NOS2. The van der Waals surface area contributed by atoms with E-state index >= 15 is 0 Å². The minimum absolute atomic E-state index is 0.0332. The van der Waals surface area contributed by atoms with E-state index in [4.69, 9.17) is 0 Å². The fourth-order valence-electron chi connectivity index (χ4n) is 2.54. The van der Waals surface area contributed by atoms with Crippen LogP contribution in [0.5, 0.6) is 0 Å². The van der Waals surface area contributed by atoms with Gasteiger partial charge in [0.05, 0.1) is 6.04 Å². The maximum Gasteiger partial charge on any atom is 0.224 e. The second-order valence-corrected chi connectivity index (χ2v) is 6.44. The molecule has 2 nitrogen and oxygen atoms in total. The lowest BCUT2D eigenvalue weighted by Crippen LogP contribution is -2.30. The molecule has 1 aromatic carbocycles. The van der Waals surface area contributed by atoms with Crippen LogP contribution in [0, 0.1) is 0 Å². The number of hydrogen-bond donors (Lipinski definition) is 1. The summed E-state index contributed by atoms with van der Waals surface area (Å²) in [5.41, 5.74) is 1.17. The number of rotatable bonds is 3. The smallest absolute Gasteiger partial charge is 0.224 e. The van der Waals surface area contributed by atoms with Crippen LogP contribution in [0.3, 0.4) is 0 Å². The zero-order valence-electron chi connectivity index (χ0n) is 10.4. The number of carbonyl (C=O) groups is 1. The molecule has 4 heteroatoms. The van der Waals surface area contributed by atoms with Gasteiger partial charge in [-0.2, -0.15) is 12.6 Å². The molecule has 1 aliphatic rings. The van der Waals surface area contributed by atoms with Crippen LogP contribution >= 0.6 is 24.0 Å². The number of carbonyl (C=O) groups excluding carboxylic acids is 1. The predicted molar refractivity (Wildman–Crippen MR) is 81.7 cm³/mol. The SMILES string of the molecule is O=C1CC(S)CN1C(c1ccccc1)c1cccs1. The van der Waals surface area contributed by atoms with Crippen molar-refractivity contribution < 1.29 is 4.79 Å². The first-order valence-electron chi connectivity index (χ1n) is 6.31. The van der Waals surface area contributed by atoms with Crippen molar-refractivity contribution in [1.29, 1.82) is 0 Å². The first-order valence-corrected chi connectivity index (χ1v) is 7.71. The van der Waals surface area contributed by atoms with Crippen LogP contribution in [-0.4, -0.2) is 22.6 Å². The molecule has 19 heavy (non-hydrogen) atoms. The molecule has 98 valence electrons. The molecule has 0 bridgehead atoms. The third-order valence-electron chi connectivity index (χ3n) is 3.38. The van der Waals surface area contributed by atoms with Gasteiger partial charge in [-0.05, 0) is 17.0 Å². The number of hydrogen-bond acceptors (Lipinski definition) is 3. The number of amides is 1. The van der Waals surface area contributed by atoms with E-state index in [1.807, 2.05) is 29.2 Å².